The van der Waals surface area contributed by atoms with Gasteiger partial charge in [-0.1, -0.05) is 0 Å². The molecule has 1 aliphatic rings. The van der Waals surface area contributed by atoms with E-state index in [4.69, 9.17) is 4.74 Å². The van der Waals surface area contributed by atoms with Crippen LogP contribution < -0.4 is 4.90 Å². The van der Waals surface area contributed by atoms with Crippen molar-refractivity contribution in [2.75, 3.05) is 31.3 Å². The van der Waals surface area contributed by atoms with Gasteiger partial charge < -0.3 is 14.7 Å². The van der Waals surface area contributed by atoms with Crippen LogP contribution in [0.3, 0.4) is 0 Å². The zero-order valence-electron chi connectivity index (χ0n) is 9.88. The molecule has 1 fully saturated rings. The molecule has 1 aromatic rings. The Morgan fingerprint density at radius 2 is 2.37 bits per heavy atom. The van der Waals surface area contributed by atoms with Gasteiger partial charge in [-0.05, 0) is 22.6 Å². The highest BCUT2D eigenvalue weighted by Gasteiger charge is 2.29. The van der Waals surface area contributed by atoms with Crippen molar-refractivity contribution in [3.63, 3.8) is 0 Å². The minimum absolute atomic E-state index is 0.161. The molecule has 19 heavy (non-hydrogen) atoms. The molecule has 104 valence electrons. The maximum Gasteiger partial charge on any atom is 0.293 e. The average Bonchev–Trinajstić information content (AvgIpc) is 2.41. The molecule has 0 bridgehead atoms. The molecule has 1 aliphatic heterocycles. The molecule has 2 rings (SSSR count). The number of nitro benzene ring substituents is 1. The first-order chi connectivity index (χ1) is 9.04. The highest BCUT2D eigenvalue weighted by atomic mass is 127. The van der Waals surface area contributed by atoms with Crippen LogP contribution in [0.2, 0.25) is 0 Å². The monoisotopic (exact) mass is 382 g/mol. The lowest BCUT2D eigenvalue weighted by Crippen LogP contribution is -2.48. The van der Waals surface area contributed by atoms with E-state index in [1.54, 1.807) is 27.5 Å². The molecule has 0 radical (unpaired) electrons. The van der Waals surface area contributed by atoms with Gasteiger partial charge in [0.2, 0.25) is 0 Å². The molecule has 1 unspecified atom stereocenters. The molecule has 1 aromatic carbocycles. The van der Waals surface area contributed by atoms with Gasteiger partial charge in [-0.15, -0.1) is 0 Å². The van der Waals surface area contributed by atoms with Gasteiger partial charge in [-0.3, -0.25) is 10.1 Å². The van der Waals surface area contributed by atoms with Gasteiger partial charge in [0.1, 0.15) is 11.5 Å². The second-order valence-electron chi connectivity index (χ2n) is 4.12. The molecule has 6 nitrogen and oxygen atoms in total. The highest BCUT2D eigenvalue weighted by molar-refractivity contribution is 14.1. The Kier molecular flexibility index (Phi) is 4.53. The van der Waals surface area contributed by atoms with Gasteiger partial charge in [0.15, 0.2) is 0 Å². The number of nitro groups is 1. The molecular weight excluding hydrogens is 370 g/mol. The second-order valence-corrected chi connectivity index (χ2v) is 5.28. The Morgan fingerprint density at radius 3 is 3.00 bits per heavy atom. The number of halogens is 2. The topological polar surface area (TPSA) is 75.8 Å². The SMILES string of the molecule is O=[N+]([O-])c1cc(I)c(F)cc1N1CCOCC1CO. The summed E-state index contributed by atoms with van der Waals surface area (Å²) in [5.74, 6) is -0.510. The Labute approximate surface area is 122 Å². The van der Waals surface area contributed by atoms with E-state index >= 15 is 0 Å². The van der Waals surface area contributed by atoms with Crippen molar-refractivity contribution in [1.29, 1.82) is 0 Å². The number of hydrogen-bond donors (Lipinski definition) is 1. The number of nitrogens with zero attached hydrogens (tertiary/aromatic N) is 2. The lowest BCUT2D eigenvalue weighted by Gasteiger charge is -2.35. The van der Waals surface area contributed by atoms with E-state index < -0.39 is 16.8 Å². The lowest BCUT2D eigenvalue weighted by molar-refractivity contribution is -0.384. The minimum atomic E-state index is -0.541. The normalized spacial score (nSPS) is 19.5. The van der Waals surface area contributed by atoms with Crippen LogP contribution in [0.25, 0.3) is 0 Å². The van der Waals surface area contributed by atoms with Gasteiger partial charge in [0.05, 0.1) is 34.4 Å². The molecule has 0 amide bonds. The zero-order valence-corrected chi connectivity index (χ0v) is 12.0. The third-order valence-electron chi connectivity index (χ3n) is 2.96. The first kappa shape index (κ1) is 14.4. The molecule has 0 aromatic heterocycles. The van der Waals surface area contributed by atoms with E-state index in [9.17, 15) is 19.6 Å². The van der Waals surface area contributed by atoms with Crippen LogP contribution >= 0.6 is 22.6 Å². The van der Waals surface area contributed by atoms with Crippen molar-refractivity contribution in [3.05, 3.63) is 31.6 Å². The number of aliphatic hydroxyl groups is 1. The van der Waals surface area contributed by atoms with Crippen molar-refractivity contribution in [2.45, 2.75) is 6.04 Å². The molecule has 0 spiro atoms. The number of hydrogen-bond acceptors (Lipinski definition) is 5. The molecule has 0 saturated carbocycles. The Morgan fingerprint density at radius 1 is 1.63 bits per heavy atom. The van der Waals surface area contributed by atoms with E-state index in [1.165, 1.54) is 6.07 Å². The summed E-state index contributed by atoms with van der Waals surface area (Å²) in [6, 6.07) is 1.95. The van der Waals surface area contributed by atoms with Crippen molar-refractivity contribution in [1.82, 2.24) is 0 Å². The van der Waals surface area contributed by atoms with Crippen molar-refractivity contribution in [3.8, 4) is 0 Å². The molecule has 1 N–H and O–H groups in total. The van der Waals surface area contributed by atoms with Crippen molar-refractivity contribution in [2.24, 2.45) is 0 Å². The summed E-state index contributed by atoms with van der Waals surface area (Å²) in [7, 11) is 0. The summed E-state index contributed by atoms with van der Waals surface area (Å²) >= 11 is 1.71. The molecule has 1 heterocycles. The van der Waals surface area contributed by atoms with Crippen LogP contribution in [0.5, 0.6) is 0 Å². The highest BCUT2D eigenvalue weighted by Crippen LogP contribution is 2.33. The summed E-state index contributed by atoms with van der Waals surface area (Å²) in [5.41, 5.74) is 0.0245. The summed E-state index contributed by atoms with van der Waals surface area (Å²) in [4.78, 5) is 12.2. The summed E-state index contributed by atoms with van der Waals surface area (Å²) in [5, 5.41) is 20.4. The summed E-state index contributed by atoms with van der Waals surface area (Å²) < 4.78 is 19.1. The van der Waals surface area contributed by atoms with Gasteiger partial charge in [-0.25, -0.2) is 4.39 Å². The summed E-state index contributed by atoms with van der Waals surface area (Å²) in [6.45, 7) is 0.833. The summed E-state index contributed by atoms with van der Waals surface area (Å²) in [6.07, 6.45) is 0. The van der Waals surface area contributed by atoms with Crippen LogP contribution in [-0.2, 0) is 4.74 Å². The number of ether oxygens (including phenoxy) is 1. The fourth-order valence-corrected chi connectivity index (χ4v) is 2.48. The number of aliphatic hydroxyl groups excluding tert-OH is 1. The number of morpholine rings is 1. The molecule has 8 heteroatoms. The quantitative estimate of drug-likeness (QED) is 0.488. The predicted molar refractivity (Wildman–Crippen MR) is 74.8 cm³/mol. The van der Waals surface area contributed by atoms with Gasteiger partial charge in [0.25, 0.3) is 5.69 Å². The smallest absolute Gasteiger partial charge is 0.293 e. The standard InChI is InChI=1S/C11H12FIN2O4/c12-8-3-10(11(15(17)18)4-9(8)13)14-1-2-19-6-7(14)5-16/h3-4,7,16H,1-2,5-6H2. The Balaban J connectivity index is 2.47. The van der Waals surface area contributed by atoms with E-state index in [1.807, 2.05) is 0 Å². The average molecular weight is 382 g/mol. The van der Waals surface area contributed by atoms with Gasteiger partial charge in [-0.2, -0.15) is 0 Å². The van der Waals surface area contributed by atoms with Crippen LogP contribution in [0.1, 0.15) is 0 Å². The number of rotatable bonds is 3. The maximum absolute atomic E-state index is 13.7. The third kappa shape index (κ3) is 2.95. The van der Waals surface area contributed by atoms with Crippen molar-refractivity contribution < 1.29 is 19.2 Å². The Hall–Kier alpha value is -1.00. The zero-order chi connectivity index (χ0) is 14.0. The van der Waals surface area contributed by atoms with Gasteiger partial charge >= 0.3 is 0 Å². The lowest BCUT2D eigenvalue weighted by atomic mass is 10.1. The van der Waals surface area contributed by atoms with Crippen molar-refractivity contribution >= 4 is 34.0 Å². The van der Waals surface area contributed by atoms with Gasteiger partial charge in [0, 0.05) is 18.7 Å². The number of benzene rings is 1. The van der Waals surface area contributed by atoms with Crippen LogP contribution in [0.4, 0.5) is 15.8 Å². The number of anilines is 1. The maximum atomic E-state index is 13.7. The van der Waals surface area contributed by atoms with E-state index in [0.29, 0.717) is 13.2 Å². The fraction of sp³-hybridized carbons (Fsp3) is 0.455. The largest absolute Gasteiger partial charge is 0.394 e. The second kappa shape index (κ2) is 5.97. The third-order valence-corrected chi connectivity index (χ3v) is 3.79. The Bertz CT molecular complexity index is 500. The van der Waals surface area contributed by atoms with E-state index in [2.05, 4.69) is 0 Å². The van der Waals surface area contributed by atoms with E-state index in [0.717, 1.165) is 6.07 Å². The predicted octanol–water partition coefficient (Wildman–Crippen LogP) is 1.54. The van der Waals surface area contributed by atoms with Crippen LogP contribution in [-0.4, -0.2) is 42.4 Å². The van der Waals surface area contributed by atoms with Crippen LogP contribution in [0, 0.1) is 19.5 Å². The van der Waals surface area contributed by atoms with E-state index in [-0.39, 0.29) is 28.2 Å². The first-order valence-electron chi connectivity index (χ1n) is 5.63. The minimum Gasteiger partial charge on any atom is -0.394 e. The molecule has 1 saturated heterocycles. The molecule has 0 aliphatic carbocycles. The van der Waals surface area contributed by atoms with Crippen LogP contribution in [0.15, 0.2) is 12.1 Å². The molecular formula is C11H12FIN2O4. The first-order valence-corrected chi connectivity index (χ1v) is 6.71. The molecule has 1 atom stereocenters. The fourth-order valence-electron chi connectivity index (χ4n) is 2.03.